The van der Waals surface area contributed by atoms with Gasteiger partial charge in [0.15, 0.2) is 0 Å². The molecule has 1 rings (SSSR count). The number of carbonyl (C=O) groups is 2. The molecule has 0 aliphatic carbocycles. The lowest BCUT2D eigenvalue weighted by Crippen LogP contribution is -2.48. The van der Waals surface area contributed by atoms with Crippen LogP contribution in [0.4, 0.5) is 0 Å². The summed E-state index contributed by atoms with van der Waals surface area (Å²) in [4.78, 5) is 22.6. The number of amides is 2. The van der Waals surface area contributed by atoms with Gasteiger partial charge >= 0.3 is 7.12 Å². The number of likely N-dealkylation sites (tertiary alicyclic amines) is 1. The number of hydrogen-bond donors (Lipinski definition) is 4. The molecule has 1 heterocycles. The normalized spacial score (nSPS) is 25.1. The zero-order valence-corrected chi connectivity index (χ0v) is 8.04. The van der Waals surface area contributed by atoms with E-state index in [9.17, 15) is 14.7 Å². The van der Waals surface area contributed by atoms with Crippen LogP contribution in [0.25, 0.3) is 0 Å². The number of aliphatic hydroxyl groups excluding tert-OH is 1. The molecule has 1 aliphatic rings. The first-order valence-electron chi connectivity index (χ1n) is 4.57. The fraction of sp³-hybridized carbons (Fsp3) is 0.714. The number of β-amino-alcohol motifs (C(OH)–C–C–N with tert-alkyl or cyclic N) is 1. The maximum absolute atomic E-state index is 11.4. The van der Waals surface area contributed by atoms with E-state index in [-0.39, 0.29) is 19.5 Å². The summed E-state index contributed by atoms with van der Waals surface area (Å²) in [5, 5.41) is 29.4. The fourth-order valence-corrected chi connectivity index (χ4v) is 1.64. The van der Waals surface area contributed by atoms with E-state index in [4.69, 9.17) is 10.0 Å². The lowest BCUT2D eigenvalue weighted by molar-refractivity contribution is -0.131. The predicted octanol–water partition coefficient (Wildman–Crippen LogP) is -3.29. The smallest absolute Gasteiger partial charge is 0.426 e. The van der Waals surface area contributed by atoms with E-state index >= 15 is 0 Å². The van der Waals surface area contributed by atoms with Gasteiger partial charge in [0.1, 0.15) is 0 Å². The molecule has 0 aromatic rings. The Bertz CT molecular complexity index is 250. The maximum Gasteiger partial charge on any atom is 0.475 e. The SMILES string of the molecule is O=CNCC(=O)N1CC(O)CC1B(O)O. The van der Waals surface area contributed by atoms with Gasteiger partial charge in [-0.3, -0.25) is 9.59 Å². The van der Waals surface area contributed by atoms with Crippen molar-refractivity contribution in [2.45, 2.75) is 18.5 Å². The second kappa shape index (κ2) is 5.10. The lowest BCUT2D eigenvalue weighted by Gasteiger charge is -2.23. The standard InChI is InChI=1S/C7H13BN2O5/c11-4-9-2-7(13)10-3-5(12)1-6(10)8(14)15/h4-6,12,14-15H,1-3H2,(H,9,11). The van der Waals surface area contributed by atoms with Gasteiger partial charge in [0.25, 0.3) is 0 Å². The Morgan fingerprint density at radius 2 is 2.27 bits per heavy atom. The summed E-state index contributed by atoms with van der Waals surface area (Å²) in [5.74, 6) is -1.25. The van der Waals surface area contributed by atoms with Gasteiger partial charge in [0, 0.05) is 6.54 Å². The topological polar surface area (TPSA) is 110 Å². The van der Waals surface area contributed by atoms with Gasteiger partial charge in [-0.2, -0.15) is 0 Å². The van der Waals surface area contributed by atoms with Crippen molar-refractivity contribution in [3.8, 4) is 0 Å². The van der Waals surface area contributed by atoms with Crippen molar-refractivity contribution in [1.29, 1.82) is 0 Å². The van der Waals surface area contributed by atoms with Crippen molar-refractivity contribution in [3.05, 3.63) is 0 Å². The molecule has 2 atom stereocenters. The highest BCUT2D eigenvalue weighted by molar-refractivity contribution is 6.43. The molecule has 8 heteroatoms. The van der Waals surface area contributed by atoms with E-state index in [0.717, 1.165) is 4.90 Å². The van der Waals surface area contributed by atoms with Crippen LogP contribution >= 0.6 is 0 Å². The Morgan fingerprint density at radius 1 is 1.60 bits per heavy atom. The zero-order valence-electron chi connectivity index (χ0n) is 8.04. The van der Waals surface area contributed by atoms with E-state index in [2.05, 4.69) is 5.32 Å². The third-order valence-electron chi connectivity index (χ3n) is 2.32. The number of aliphatic hydroxyl groups is 1. The molecular formula is C7H13BN2O5. The predicted molar refractivity (Wildman–Crippen MR) is 50.4 cm³/mol. The summed E-state index contributed by atoms with van der Waals surface area (Å²) in [5.41, 5.74) is 0. The monoisotopic (exact) mass is 216 g/mol. The number of carbonyl (C=O) groups excluding carboxylic acids is 2. The van der Waals surface area contributed by atoms with Crippen molar-refractivity contribution < 1.29 is 24.7 Å². The zero-order chi connectivity index (χ0) is 11.4. The van der Waals surface area contributed by atoms with E-state index in [1.165, 1.54) is 0 Å². The summed E-state index contributed by atoms with van der Waals surface area (Å²) >= 11 is 0. The number of rotatable bonds is 4. The largest absolute Gasteiger partial charge is 0.475 e. The summed E-state index contributed by atoms with van der Waals surface area (Å²) in [6.45, 7) is -0.152. The van der Waals surface area contributed by atoms with Crippen LogP contribution in [0, 0.1) is 0 Å². The van der Waals surface area contributed by atoms with Crippen LogP contribution in [0.1, 0.15) is 6.42 Å². The Morgan fingerprint density at radius 3 is 2.80 bits per heavy atom. The van der Waals surface area contributed by atoms with Gasteiger partial charge in [-0.05, 0) is 6.42 Å². The van der Waals surface area contributed by atoms with Crippen LogP contribution < -0.4 is 5.32 Å². The number of nitrogens with zero attached hydrogens (tertiary/aromatic N) is 1. The van der Waals surface area contributed by atoms with Crippen LogP contribution in [0.2, 0.25) is 0 Å². The van der Waals surface area contributed by atoms with E-state index in [1.807, 2.05) is 0 Å². The highest BCUT2D eigenvalue weighted by Crippen LogP contribution is 2.18. The summed E-state index contributed by atoms with van der Waals surface area (Å²) < 4.78 is 0. The molecule has 7 nitrogen and oxygen atoms in total. The minimum absolute atomic E-state index is 0.0572. The lowest BCUT2D eigenvalue weighted by atomic mass is 9.77. The van der Waals surface area contributed by atoms with Crippen molar-refractivity contribution in [3.63, 3.8) is 0 Å². The molecule has 0 aromatic carbocycles. The highest BCUT2D eigenvalue weighted by Gasteiger charge is 2.40. The summed E-state index contributed by atoms with van der Waals surface area (Å²) in [6.07, 6.45) is -0.240. The average molecular weight is 216 g/mol. The molecule has 15 heavy (non-hydrogen) atoms. The first-order chi connectivity index (χ1) is 7.06. The molecule has 0 bridgehead atoms. The highest BCUT2D eigenvalue weighted by atomic mass is 16.4. The van der Waals surface area contributed by atoms with Gasteiger partial charge in [0.2, 0.25) is 12.3 Å². The average Bonchev–Trinajstić information content (AvgIpc) is 2.57. The van der Waals surface area contributed by atoms with Crippen LogP contribution in [0.15, 0.2) is 0 Å². The van der Waals surface area contributed by atoms with Gasteiger partial charge in [-0.1, -0.05) is 0 Å². The Balaban J connectivity index is 2.58. The minimum Gasteiger partial charge on any atom is -0.426 e. The first-order valence-corrected chi connectivity index (χ1v) is 4.57. The van der Waals surface area contributed by atoms with Crippen molar-refractivity contribution in [2.24, 2.45) is 0 Å². The van der Waals surface area contributed by atoms with E-state index in [1.54, 1.807) is 0 Å². The first kappa shape index (κ1) is 12.0. The number of hydrogen-bond acceptors (Lipinski definition) is 5. The van der Waals surface area contributed by atoms with Crippen LogP contribution in [-0.4, -0.2) is 64.6 Å². The van der Waals surface area contributed by atoms with Gasteiger partial charge in [-0.25, -0.2) is 0 Å². The molecule has 0 aromatic heterocycles. The Kier molecular flexibility index (Phi) is 4.07. The second-order valence-electron chi connectivity index (χ2n) is 3.42. The molecule has 1 aliphatic heterocycles. The molecular weight excluding hydrogens is 203 g/mol. The number of nitrogens with one attached hydrogen (secondary N) is 1. The van der Waals surface area contributed by atoms with Crippen LogP contribution in [0.5, 0.6) is 0 Å². The van der Waals surface area contributed by atoms with E-state index < -0.39 is 25.1 Å². The maximum atomic E-state index is 11.4. The van der Waals surface area contributed by atoms with Crippen molar-refractivity contribution in [2.75, 3.05) is 13.1 Å². The second-order valence-corrected chi connectivity index (χ2v) is 3.42. The van der Waals surface area contributed by atoms with Gasteiger partial charge < -0.3 is 25.4 Å². The Hall–Kier alpha value is -1.12. The van der Waals surface area contributed by atoms with Crippen LogP contribution in [-0.2, 0) is 9.59 Å². The molecule has 0 radical (unpaired) electrons. The third kappa shape index (κ3) is 2.91. The molecule has 1 saturated heterocycles. The summed E-state index contributed by atoms with van der Waals surface area (Å²) in [7, 11) is -1.68. The molecule has 2 amide bonds. The Labute approximate surface area is 86.8 Å². The third-order valence-corrected chi connectivity index (χ3v) is 2.32. The van der Waals surface area contributed by atoms with Crippen LogP contribution in [0.3, 0.4) is 0 Å². The van der Waals surface area contributed by atoms with E-state index in [0.29, 0.717) is 6.41 Å². The molecule has 0 saturated carbocycles. The van der Waals surface area contributed by atoms with Gasteiger partial charge in [0.05, 0.1) is 18.6 Å². The molecule has 4 N–H and O–H groups in total. The van der Waals surface area contributed by atoms with Crippen molar-refractivity contribution in [1.82, 2.24) is 10.2 Å². The molecule has 0 spiro atoms. The van der Waals surface area contributed by atoms with Gasteiger partial charge in [-0.15, -0.1) is 0 Å². The molecule has 84 valence electrons. The molecule has 1 fully saturated rings. The fourth-order valence-electron chi connectivity index (χ4n) is 1.64. The summed E-state index contributed by atoms with van der Waals surface area (Å²) in [6, 6.07) is 0. The quantitative estimate of drug-likeness (QED) is 0.290. The minimum atomic E-state index is -1.68. The molecule has 2 unspecified atom stereocenters. The van der Waals surface area contributed by atoms with Crippen molar-refractivity contribution >= 4 is 19.4 Å².